The summed E-state index contributed by atoms with van der Waals surface area (Å²) in [6.07, 6.45) is 0. The molecule has 0 aromatic rings. The van der Waals surface area contributed by atoms with Crippen LogP contribution in [0.1, 0.15) is 13.8 Å². The average Bonchev–Trinajstić information content (AvgIpc) is 1.68. The highest BCUT2D eigenvalue weighted by Gasteiger charge is 1.93. The second-order valence-electron chi connectivity index (χ2n) is 1.14. The van der Waals surface area contributed by atoms with Crippen LogP contribution in [0, 0.1) is 17.1 Å². The molecule has 2 heteroatoms. The molecule has 0 fully saturated rings. The van der Waals surface area contributed by atoms with Crippen LogP contribution >= 0.6 is 11.8 Å². The molecule has 7 heavy (non-hydrogen) atoms. The Morgan fingerprint density at radius 2 is 2.43 bits per heavy atom. The van der Waals surface area contributed by atoms with Crippen LogP contribution in [0.2, 0.25) is 0 Å². The molecule has 39 valence electrons. The van der Waals surface area contributed by atoms with Crippen molar-refractivity contribution < 1.29 is 0 Å². The Morgan fingerprint density at radius 1 is 1.86 bits per heavy atom. The van der Waals surface area contributed by atoms with Crippen LogP contribution in [0.15, 0.2) is 0 Å². The van der Waals surface area contributed by atoms with Gasteiger partial charge in [-0.2, -0.15) is 5.26 Å². The molecule has 0 aromatic heterocycles. The van der Waals surface area contributed by atoms with Gasteiger partial charge in [-0.15, -0.1) is 11.8 Å². The topological polar surface area (TPSA) is 23.8 Å². The molecule has 0 amide bonds. The largest absolute Gasteiger partial charge is 0.197 e. The third kappa shape index (κ3) is 3.68. The second kappa shape index (κ2) is 4.01. The van der Waals surface area contributed by atoms with Gasteiger partial charge in [0, 0.05) is 5.75 Å². The first-order valence-corrected chi connectivity index (χ1v) is 3.08. The summed E-state index contributed by atoms with van der Waals surface area (Å²) in [6, 6.07) is 2.10. The summed E-state index contributed by atoms with van der Waals surface area (Å²) in [5.41, 5.74) is 0. The third-order valence-electron chi connectivity index (χ3n) is 0.522. The summed E-state index contributed by atoms with van der Waals surface area (Å²) in [5, 5.41) is 8.29. The first-order chi connectivity index (χ1) is 3.31. The molecule has 0 aliphatic heterocycles. The predicted octanol–water partition coefficient (Wildman–Crippen LogP) is 1.81. The molecule has 1 atom stereocenters. The molecule has 0 bridgehead atoms. The van der Waals surface area contributed by atoms with Gasteiger partial charge >= 0.3 is 0 Å². The van der Waals surface area contributed by atoms with E-state index in [1.54, 1.807) is 11.8 Å². The molecule has 1 unspecified atom stereocenters. The first-order valence-electron chi connectivity index (χ1n) is 2.14. The first kappa shape index (κ1) is 6.84. The van der Waals surface area contributed by atoms with Crippen LogP contribution in [0.5, 0.6) is 0 Å². The van der Waals surface area contributed by atoms with Gasteiger partial charge in [0.2, 0.25) is 0 Å². The van der Waals surface area contributed by atoms with E-state index in [0.29, 0.717) is 0 Å². The van der Waals surface area contributed by atoms with Gasteiger partial charge in [0.25, 0.3) is 0 Å². The molecule has 0 heterocycles. The lowest BCUT2D eigenvalue weighted by molar-refractivity contribution is 1.24. The van der Waals surface area contributed by atoms with Crippen LogP contribution in [-0.4, -0.2) is 5.25 Å². The van der Waals surface area contributed by atoms with E-state index in [2.05, 4.69) is 6.07 Å². The minimum Gasteiger partial charge on any atom is -0.197 e. The Morgan fingerprint density at radius 3 is 2.57 bits per heavy atom. The van der Waals surface area contributed by atoms with Gasteiger partial charge < -0.3 is 0 Å². The van der Waals surface area contributed by atoms with Crippen molar-refractivity contribution in [1.29, 1.82) is 5.26 Å². The van der Waals surface area contributed by atoms with Crippen LogP contribution in [0.25, 0.3) is 0 Å². The molecular weight excluding hydrogens is 106 g/mol. The summed E-state index contributed by atoms with van der Waals surface area (Å²) in [7, 11) is 0. The van der Waals surface area contributed by atoms with E-state index in [4.69, 9.17) is 5.26 Å². The molecule has 0 spiro atoms. The molecule has 1 radical (unpaired) electrons. The van der Waals surface area contributed by atoms with E-state index in [9.17, 15) is 0 Å². The number of nitriles is 1. The van der Waals surface area contributed by atoms with Crippen molar-refractivity contribution in [3.8, 4) is 6.07 Å². The molecule has 0 N–H and O–H groups in total. The fourth-order valence-electron chi connectivity index (χ4n) is 0.235. The van der Waals surface area contributed by atoms with Gasteiger partial charge in [-0.25, -0.2) is 0 Å². The van der Waals surface area contributed by atoms with Gasteiger partial charge in [-0.3, -0.25) is 0 Å². The zero-order chi connectivity index (χ0) is 5.70. The Balaban J connectivity index is 3.04. The fourth-order valence-corrected chi connectivity index (χ4v) is 0.704. The monoisotopic (exact) mass is 114 g/mol. The summed E-state index contributed by atoms with van der Waals surface area (Å²) in [4.78, 5) is 0. The number of hydrogen-bond donors (Lipinski definition) is 0. The molecule has 0 aliphatic rings. The Bertz CT molecular complexity index is 74.6. The lowest BCUT2D eigenvalue weighted by Gasteiger charge is -1.92. The molecule has 0 saturated carbocycles. The van der Waals surface area contributed by atoms with Crippen molar-refractivity contribution in [3.63, 3.8) is 0 Å². The predicted molar refractivity (Wildman–Crippen MR) is 32.6 cm³/mol. The summed E-state index contributed by atoms with van der Waals surface area (Å²) in [5.74, 6) is 1.92. The van der Waals surface area contributed by atoms with Crippen LogP contribution < -0.4 is 0 Å². The van der Waals surface area contributed by atoms with E-state index in [-0.39, 0.29) is 5.25 Å². The van der Waals surface area contributed by atoms with Crippen molar-refractivity contribution in [2.45, 2.75) is 19.1 Å². The highest BCUT2D eigenvalue weighted by molar-refractivity contribution is 8.02. The van der Waals surface area contributed by atoms with Crippen LogP contribution in [-0.2, 0) is 0 Å². The summed E-state index contributed by atoms with van der Waals surface area (Å²) in [6.45, 7) is 3.81. The van der Waals surface area contributed by atoms with Gasteiger partial charge in [-0.05, 0) is 6.92 Å². The van der Waals surface area contributed by atoms with E-state index < -0.39 is 0 Å². The highest BCUT2D eigenvalue weighted by atomic mass is 32.2. The Kier molecular flexibility index (Phi) is 3.92. The number of thioether (sulfide) groups is 1. The smallest absolute Gasteiger partial charge is 0.0891 e. The van der Waals surface area contributed by atoms with Gasteiger partial charge in [0.15, 0.2) is 0 Å². The quantitative estimate of drug-likeness (QED) is 0.546. The molecular formula is C5H8NS. The number of nitrogens with zero attached hydrogens (tertiary/aromatic N) is 1. The SMILES string of the molecule is C[CH]SC(C)C#N. The minimum atomic E-state index is 0.116. The lowest BCUT2D eigenvalue weighted by Crippen LogP contribution is -1.85. The standard InChI is InChI=1S/C5H8NS/c1-3-7-5(2)4-6/h3,5H,1-2H3. The highest BCUT2D eigenvalue weighted by Crippen LogP contribution is 2.10. The van der Waals surface area contributed by atoms with E-state index in [1.807, 2.05) is 19.6 Å². The van der Waals surface area contributed by atoms with Gasteiger partial charge in [0.1, 0.15) is 0 Å². The molecule has 0 aromatic carbocycles. The van der Waals surface area contributed by atoms with Gasteiger partial charge in [0.05, 0.1) is 11.3 Å². The second-order valence-corrected chi connectivity index (χ2v) is 2.59. The molecule has 0 aliphatic carbocycles. The van der Waals surface area contributed by atoms with Crippen molar-refractivity contribution in [1.82, 2.24) is 0 Å². The lowest BCUT2D eigenvalue weighted by atomic mass is 10.5. The van der Waals surface area contributed by atoms with Gasteiger partial charge in [-0.1, -0.05) is 6.92 Å². The van der Waals surface area contributed by atoms with Crippen molar-refractivity contribution >= 4 is 11.8 Å². The maximum Gasteiger partial charge on any atom is 0.0891 e. The summed E-state index contributed by atoms with van der Waals surface area (Å²) >= 11 is 1.55. The molecule has 1 nitrogen and oxygen atoms in total. The maximum atomic E-state index is 8.18. The van der Waals surface area contributed by atoms with Crippen molar-refractivity contribution in [3.05, 3.63) is 5.75 Å². The zero-order valence-electron chi connectivity index (χ0n) is 4.51. The van der Waals surface area contributed by atoms with E-state index in [0.717, 1.165) is 0 Å². The van der Waals surface area contributed by atoms with Crippen LogP contribution in [0.4, 0.5) is 0 Å². The number of rotatable bonds is 2. The van der Waals surface area contributed by atoms with Crippen molar-refractivity contribution in [2.24, 2.45) is 0 Å². The maximum absolute atomic E-state index is 8.18. The summed E-state index contributed by atoms with van der Waals surface area (Å²) < 4.78 is 0. The Hall–Kier alpha value is -0.160. The van der Waals surface area contributed by atoms with E-state index >= 15 is 0 Å². The zero-order valence-corrected chi connectivity index (χ0v) is 5.33. The van der Waals surface area contributed by atoms with E-state index in [1.165, 1.54) is 0 Å². The normalized spacial score (nSPS) is 12.7. The number of hydrogen-bond acceptors (Lipinski definition) is 2. The van der Waals surface area contributed by atoms with Crippen molar-refractivity contribution in [2.75, 3.05) is 0 Å². The average molecular weight is 114 g/mol. The third-order valence-corrected chi connectivity index (χ3v) is 1.31. The molecule has 0 saturated heterocycles. The van der Waals surface area contributed by atoms with Crippen LogP contribution in [0.3, 0.4) is 0 Å². The minimum absolute atomic E-state index is 0.116. The Labute approximate surface area is 48.7 Å². The molecule has 0 rings (SSSR count). The fraction of sp³-hybridized carbons (Fsp3) is 0.600.